The van der Waals surface area contributed by atoms with E-state index < -0.39 is 17.7 Å². The van der Waals surface area contributed by atoms with E-state index in [4.69, 9.17) is 0 Å². The quantitative estimate of drug-likeness (QED) is 0.793. The Morgan fingerprint density at radius 2 is 1.92 bits per heavy atom. The molecule has 0 aliphatic carbocycles. The number of nitrogens with one attached hydrogen (secondary N) is 2. The SMILES string of the molecule is CC(=O)c1c(C)[nH]c(C(=O)CN[C@@H](C)c2ccc(F)cc2F)c1C. The van der Waals surface area contributed by atoms with Crippen molar-refractivity contribution in [2.24, 2.45) is 0 Å². The fourth-order valence-electron chi connectivity index (χ4n) is 2.85. The molecule has 2 N–H and O–H groups in total. The third kappa shape index (κ3) is 3.59. The Morgan fingerprint density at radius 1 is 1.25 bits per heavy atom. The smallest absolute Gasteiger partial charge is 0.193 e. The van der Waals surface area contributed by atoms with Crippen molar-refractivity contribution >= 4 is 11.6 Å². The minimum atomic E-state index is -0.659. The number of rotatable bonds is 6. The second-order valence-electron chi connectivity index (χ2n) is 5.87. The maximum atomic E-state index is 13.7. The van der Waals surface area contributed by atoms with Gasteiger partial charge in [0.05, 0.1) is 12.2 Å². The Bertz CT molecular complexity index is 797. The van der Waals surface area contributed by atoms with Gasteiger partial charge in [-0.3, -0.25) is 9.59 Å². The fourth-order valence-corrected chi connectivity index (χ4v) is 2.85. The zero-order valence-electron chi connectivity index (χ0n) is 14.1. The Morgan fingerprint density at radius 3 is 2.46 bits per heavy atom. The molecule has 6 heteroatoms. The van der Waals surface area contributed by atoms with Gasteiger partial charge in [0, 0.05) is 28.9 Å². The van der Waals surface area contributed by atoms with Crippen molar-refractivity contribution in [3.63, 3.8) is 0 Å². The van der Waals surface area contributed by atoms with Crippen molar-refractivity contribution in [2.75, 3.05) is 6.54 Å². The zero-order valence-corrected chi connectivity index (χ0v) is 14.1. The molecular formula is C18H20F2N2O2. The van der Waals surface area contributed by atoms with Crippen molar-refractivity contribution in [3.05, 3.63) is 57.9 Å². The van der Waals surface area contributed by atoms with Crippen LogP contribution in [-0.4, -0.2) is 23.1 Å². The summed E-state index contributed by atoms with van der Waals surface area (Å²) >= 11 is 0. The first-order chi connectivity index (χ1) is 11.2. The predicted molar refractivity (Wildman–Crippen MR) is 87.4 cm³/mol. The van der Waals surface area contributed by atoms with Gasteiger partial charge in [-0.2, -0.15) is 0 Å². The molecule has 2 rings (SSSR count). The number of hydrogen-bond acceptors (Lipinski definition) is 3. The Labute approximate surface area is 139 Å². The molecule has 1 atom stereocenters. The van der Waals surface area contributed by atoms with E-state index >= 15 is 0 Å². The van der Waals surface area contributed by atoms with Gasteiger partial charge in [0.2, 0.25) is 0 Å². The molecule has 1 aromatic heterocycles. The summed E-state index contributed by atoms with van der Waals surface area (Å²) in [4.78, 5) is 26.9. The molecule has 0 unspecified atom stereocenters. The van der Waals surface area contributed by atoms with Gasteiger partial charge in [-0.15, -0.1) is 0 Å². The standard InChI is InChI=1S/C18H20F2N2O2/c1-9-17(12(4)23)11(3)22-18(9)16(24)8-21-10(2)14-6-5-13(19)7-15(14)20/h5-7,10,21-22H,8H2,1-4H3/t10-/m0/s1. The van der Waals surface area contributed by atoms with Gasteiger partial charge in [0.1, 0.15) is 11.6 Å². The van der Waals surface area contributed by atoms with E-state index in [-0.39, 0.29) is 23.7 Å². The lowest BCUT2D eigenvalue weighted by atomic mass is 10.0. The van der Waals surface area contributed by atoms with Crippen molar-refractivity contribution in [3.8, 4) is 0 Å². The lowest BCUT2D eigenvalue weighted by Crippen LogP contribution is -2.27. The number of aromatic nitrogens is 1. The molecule has 128 valence electrons. The van der Waals surface area contributed by atoms with Crippen LogP contribution in [0.2, 0.25) is 0 Å². The molecule has 24 heavy (non-hydrogen) atoms. The maximum absolute atomic E-state index is 13.7. The van der Waals surface area contributed by atoms with Crippen LogP contribution < -0.4 is 5.32 Å². The van der Waals surface area contributed by atoms with E-state index in [2.05, 4.69) is 10.3 Å². The molecule has 0 aliphatic rings. The number of aryl methyl sites for hydroxylation is 1. The predicted octanol–water partition coefficient (Wildman–Crippen LogP) is 3.65. The molecule has 0 spiro atoms. The summed E-state index contributed by atoms with van der Waals surface area (Å²) in [5.41, 5.74) is 2.45. The molecule has 0 aliphatic heterocycles. The van der Waals surface area contributed by atoms with Gasteiger partial charge >= 0.3 is 0 Å². The Balaban J connectivity index is 2.11. The summed E-state index contributed by atoms with van der Waals surface area (Å²) in [7, 11) is 0. The molecule has 4 nitrogen and oxygen atoms in total. The van der Waals surface area contributed by atoms with Gasteiger partial charge < -0.3 is 10.3 Å². The highest BCUT2D eigenvalue weighted by Crippen LogP contribution is 2.20. The van der Waals surface area contributed by atoms with E-state index in [1.54, 1.807) is 20.8 Å². The lowest BCUT2D eigenvalue weighted by molar-refractivity contribution is 0.0982. The van der Waals surface area contributed by atoms with Crippen LogP contribution in [0.25, 0.3) is 0 Å². The largest absolute Gasteiger partial charge is 0.355 e. The maximum Gasteiger partial charge on any atom is 0.193 e. The number of halogens is 2. The molecule has 1 heterocycles. The van der Waals surface area contributed by atoms with Crippen molar-refractivity contribution in [1.82, 2.24) is 10.3 Å². The fraction of sp³-hybridized carbons (Fsp3) is 0.333. The van der Waals surface area contributed by atoms with Gasteiger partial charge in [0.25, 0.3) is 0 Å². The van der Waals surface area contributed by atoms with Gasteiger partial charge in [-0.1, -0.05) is 6.07 Å². The van der Waals surface area contributed by atoms with Crippen LogP contribution in [0.5, 0.6) is 0 Å². The number of ketones is 2. The van der Waals surface area contributed by atoms with E-state index in [0.29, 0.717) is 22.5 Å². The van der Waals surface area contributed by atoms with Crippen LogP contribution >= 0.6 is 0 Å². The highest BCUT2D eigenvalue weighted by molar-refractivity contribution is 6.03. The first-order valence-electron chi connectivity index (χ1n) is 7.64. The lowest BCUT2D eigenvalue weighted by Gasteiger charge is -2.14. The van der Waals surface area contributed by atoms with E-state index in [1.807, 2.05) is 0 Å². The van der Waals surface area contributed by atoms with E-state index in [1.165, 1.54) is 19.1 Å². The number of benzene rings is 1. The molecule has 2 aromatic rings. The average molecular weight is 334 g/mol. The first kappa shape index (κ1) is 18.0. The summed E-state index contributed by atoms with van der Waals surface area (Å²) in [6, 6.07) is 2.88. The topological polar surface area (TPSA) is 62.0 Å². The summed E-state index contributed by atoms with van der Waals surface area (Å²) < 4.78 is 26.7. The summed E-state index contributed by atoms with van der Waals surface area (Å²) in [5.74, 6) is -1.63. The normalized spacial score (nSPS) is 12.2. The molecule has 0 saturated heterocycles. The Hall–Kier alpha value is -2.34. The van der Waals surface area contributed by atoms with Crippen LogP contribution in [0.1, 0.15) is 57.6 Å². The van der Waals surface area contributed by atoms with Gasteiger partial charge in [-0.05, 0) is 39.3 Å². The number of carbonyl (C=O) groups is 2. The van der Waals surface area contributed by atoms with Gasteiger partial charge in [-0.25, -0.2) is 8.78 Å². The minimum absolute atomic E-state index is 0.0316. The van der Waals surface area contributed by atoms with Crippen LogP contribution in [0, 0.1) is 25.5 Å². The number of H-pyrrole nitrogens is 1. The highest BCUT2D eigenvalue weighted by atomic mass is 19.1. The van der Waals surface area contributed by atoms with Crippen LogP contribution in [0.3, 0.4) is 0 Å². The van der Waals surface area contributed by atoms with Crippen LogP contribution in [0.4, 0.5) is 8.78 Å². The molecule has 0 amide bonds. The monoisotopic (exact) mass is 334 g/mol. The van der Waals surface area contributed by atoms with Crippen LogP contribution in [0.15, 0.2) is 18.2 Å². The Kier molecular flexibility index (Phi) is 5.29. The number of aromatic amines is 1. The van der Waals surface area contributed by atoms with Crippen molar-refractivity contribution in [2.45, 2.75) is 33.7 Å². The summed E-state index contributed by atoms with van der Waals surface area (Å²) in [6.07, 6.45) is 0. The zero-order chi connectivity index (χ0) is 18.0. The molecular weight excluding hydrogens is 314 g/mol. The third-order valence-corrected chi connectivity index (χ3v) is 4.07. The molecule has 0 bridgehead atoms. The average Bonchev–Trinajstić information content (AvgIpc) is 2.79. The third-order valence-electron chi connectivity index (χ3n) is 4.07. The number of Topliss-reactive ketones (excluding diaryl/α,β-unsaturated/α-hetero) is 2. The minimum Gasteiger partial charge on any atom is -0.355 e. The van der Waals surface area contributed by atoms with E-state index in [0.717, 1.165) is 6.07 Å². The second kappa shape index (κ2) is 7.05. The van der Waals surface area contributed by atoms with Gasteiger partial charge in [0.15, 0.2) is 11.6 Å². The van der Waals surface area contributed by atoms with E-state index in [9.17, 15) is 18.4 Å². The molecule has 0 radical (unpaired) electrons. The molecule has 0 fully saturated rings. The highest BCUT2D eigenvalue weighted by Gasteiger charge is 2.20. The summed E-state index contributed by atoms with van der Waals surface area (Å²) in [6.45, 7) is 6.57. The van der Waals surface area contributed by atoms with Crippen LogP contribution in [-0.2, 0) is 0 Å². The van der Waals surface area contributed by atoms with Crippen molar-refractivity contribution < 1.29 is 18.4 Å². The number of carbonyl (C=O) groups excluding carboxylic acids is 2. The molecule has 1 aromatic carbocycles. The number of hydrogen-bond donors (Lipinski definition) is 2. The summed E-state index contributed by atoms with van der Waals surface area (Å²) in [5, 5.41) is 2.93. The molecule has 0 saturated carbocycles. The second-order valence-corrected chi connectivity index (χ2v) is 5.87. The van der Waals surface area contributed by atoms with Crippen molar-refractivity contribution in [1.29, 1.82) is 0 Å². The first-order valence-corrected chi connectivity index (χ1v) is 7.64.